The van der Waals surface area contributed by atoms with Crippen LogP contribution >= 0.6 is 0 Å². The number of phenols is 1. The lowest BCUT2D eigenvalue weighted by atomic mass is 12.2. The number of benzene rings is 1. The average Bonchev–Trinajstić information content (AvgIpc) is 1.88. The molecule has 52 valence electrons. The van der Waals surface area contributed by atoms with Crippen LogP contribution in [0, 0.1) is 10.1 Å². The van der Waals surface area contributed by atoms with Gasteiger partial charge in [-0.1, -0.05) is 0 Å². The highest BCUT2D eigenvalue weighted by molar-refractivity contribution is 5.34. The van der Waals surface area contributed by atoms with Crippen molar-refractivity contribution in [3.05, 3.63) is 34.4 Å². The molecule has 0 fully saturated rings. The summed E-state index contributed by atoms with van der Waals surface area (Å²) in [5, 5.41) is 18.8. The normalized spacial score (nSPS) is 9.20. The van der Waals surface area contributed by atoms with E-state index in [9.17, 15) is 10.1 Å². The summed E-state index contributed by atoms with van der Waals surface area (Å²) >= 11 is 0. The predicted molar refractivity (Wildman–Crippen MR) is 34.8 cm³/mol. The van der Waals surface area contributed by atoms with Gasteiger partial charge in [-0.25, -0.2) is 0 Å². The first-order chi connectivity index (χ1) is 4.70. The van der Waals surface area contributed by atoms with Gasteiger partial charge in [0.15, 0.2) is 0 Å². The van der Waals surface area contributed by atoms with E-state index in [-0.39, 0.29) is 11.4 Å². The zero-order chi connectivity index (χ0) is 7.56. The fourth-order valence-corrected chi connectivity index (χ4v) is 0.574. The van der Waals surface area contributed by atoms with E-state index in [1.807, 2.05) is 0 Å². The number of nitrogens with zero attached hydrogens (tertiary/aromatic N) is 1. The molecule has 1 rings (SSSR count). The number of nitro groups is 1. The molecule has 1 aromatic rings. The number of nitro benzene ring substituents is 1. The zero-order valence-electron chi connectivity index (χ0n) is 5.02. The number of hydrogen-bond acceptors (Lipinski definition) is 3. The van der Waals surface area contributed by atoms with Crippen molar-refractivity contribution in [3.63, 3.8) is 0 Å². The maximum atomic E-state index is 10.0. The van der Waals surface area contributed by atoms with Crippen LogP contribution in [0.5, 0.6) is 5.75 Å². The quantitative estimate of drug-likeness (QED) is 0.486. The highest BCUT2D eigenvalue weighted by Gasteiger charge is 2.01. The molecule has 4 heteroatoms. The largest absolute Gasteiger partial charge is 0.508 e. The van der Waals surface area contributed by atoms with E-state index in [4.69, 9.17) is 5.11 Å². The lowest BCUT2D eigenvalue weighted by Crippen LogP contribution is -1.85. The monoisotopic (exact) mass is 151 g/mol. The molecule has 0 radical (unpaired) electrons. The summed E-state index contributed by atoms with van der Waals surface area (Å²) in [4.78, 5) is 9.52. The van der Waals surface area contributed by atoms with E-state index in [2.05, 4.69) is 0 Å². The van der Waals surface area contributed by atoms with Crippen LogP contribution in [0.2, 0.25) is 0 Å². The average molecular weight is 151 g/mol. The Morgan fingerprint density at radius 2 is 1.80 bits per heavy atom. The van der Waals surface area contributed by atoms with Crippen LogP contribution < -0.4 is 0 Å². The van der Waals surface area contributed by atoms with E-state index < -0.39 is 4.92 Å². The van der Waals surface area contributed by atoms with Crippen LogP contribution in [-0.4, -0.2) is 10.0 Å². The van der Waals surface area contributed by atoms with Gasteiger partial charge in [-0.05, 0) is 12.1 Å². The van der Waals surface area contributed by atoms with Crippen molar-refractivity contribution in [1.29, 1.82) is 0 Å². The molecule has 0 saturated heterocycles. The third-order valence-electron chi connectivity index (χ3n) is 1.06. The number of aromatic hydroxyl groups is 1. The van der Waals surface area contributed by atoms with Gasteiger partial charge in [0.05, 0.1) is 4.92 Å². The van der Waals surface area contributed by atoms with Crippen molar-refractivity contribution < 1.29 is 10.0 Å². The molecule has 0 aliphatic carbocycles. The number of hydrogen-bond donors (Lipinski definition) is 1. The van der Waals surface area contributed by atoms with Gasteiger partial charge < -0.3 is 5.11 Å². The van der Waals surface area contributed by atoms with Gasteiger partial charge in [-0.2, -0.15) is 0 Å². The summed E-state index contributed by atoms with van der Waals surface area (Å²) in [6, 6.07) is 5.04. The Morgan fingerprint density at radius 3 is 2.20 bits per heavy atom. The van der Waals surface area contributed by atoms with Gasteiger partial charge >= 0.3 is 0 Å². The van der Waals surface area contributed by atoms with Crippen LogP contribution in [-0.2, 0) is 0 Å². The fraction of sp³-hybridized carbons (Fsp3) is 0. The SMILES string of the molecule is O=[N+]([O-])[14c]1[14cH][14cH][14c](O)[14cH][14cH]1. The summed E-state index contributed by atoms with van der Waals surface area (Å²) < 4.78 is 0. The van der Waals surface area contributed by atoms with Crippen molar-refractivity contribution in [1.82, 2.24) is 0 Å². The minimum atomic E-state index is -0.514. The summed E-state index contributed by atoms with van der Waals surface area (Å²) in [5.74, 6) is 0.0330. The van der Waals surface area contributed by atoms with E-state index in [1.165, 1.54) is 24.3 Å². The van der Waals surface area contributed by atoms with Crippen LogP contribution in [0.15, 0.2) is 24.3 Å². The Labute approximate surface area is 56.9 Å². The second-order valence-corrected chi connectivity index (χ2v) is 1.77. The summed E-state index contributed by atoms with van der Waals surface area (Å²) in [6.45, 7) is 0. The first-order valence-corrected chi connectivity index (χ1v) is 2.63. The molecular formula is C6H5NO3. The number of rotatable bonds is 1. The molecule has 0 unspecified atom stereocenters. The lowest BCUT2D eigenvalue weighted by molar-refractivity contribution is -0.384. The zero-order valence-corrected chi connectivity index (χ0v) is 5.02. The standard InChI is InChI=1S/C6H5NO3/c8-6-3-1-5(2-4-6)7(9)10/h1-4,8H/i1+2,2+2,3+2,4+2,5+2,6+2. The molecule has 4 nitrogen and oxygen atoms in total. The molecular weight excluding hydrogens is 146 g/mol. The van der Waals surface area contributed by atoms with Gasteiger partial charge in [0, 0.05) is 12.1 Å². The Hall–Kier alpha value is -1.58. The fourth-order valence-electron chi connectivity index (χ4n) is 0.574. The minimum Gasteiger partial charge on any atom is -0.508 e. The first kappa shape index (κ1) is 6.54. The van der Waals surface area contributed by atoms with Crippen molar-refractivity contribution in [3.8, 4) is 5.75 Å². The third kappa shape index (κ3) is 1.22. The Morgan fingerprint density at radius 1 is 1.30 bits per heavy atom. The molecule has 0 atom stereocenters. The van der Waals surface area contributed by atoms with Crippen molar-refractivity contribution in [2.75, 3.05) is 0 Å². The van der Waals surface area contributed by atoms with Crippen molar-refractivity contribution in [2.24, 2.45) is 0 Å². The summed E-state index contributed by atoms with van der Waals surface area (Å²) in [6.07, 6.45) is 0. The molecule has 0 spiro atoms. The number of phenolic OH excluding ortho intramolecular Hbond substituents is 1. The van der Waals surface area contributed by atoms with Gasteiger partial charge in [0.1, 0.15) is 5.75 Å². The Kier molecular flexibility index (Phi) is 1.53. The molecule has 0 aliphatic rings. The molecule has 10 heavy (non-hydrogen) atoms. The van der Waals surface area contributed by atoms with Gasteiger partial charge in [-0.15, -0.1) is 0 Å². The third-order valence-corrected chi connectivity index (χ3v) is 1.06. The summed E-state index contributed by atoms with van der Waals surface area (Å²) in [7, 11) is 0. The number of non-ortho nitro benzene ring substituents is 1. The maximum Gasteiger partial charge on any atom is 0.269 e. The Bertz CT molecular complexity index is 242. The predicted octanol–water partition coefficient (Wildman–Crippen LogP) is 1.30. The summed E-state index contributed by atoms with van der Waals surface area (Å²) in [5.41, 5.74) is -0.0159. The molecule has 0 heterocycles. The van der Waals surface area contributed by atoms with Crippen LogP contribution in [0.4, 0.5) is 5.69 Å². The molecule has 1 N–H and O–H groups in total. The molecule has 0 aliphatic heterocycles. The molecule has 0 saturated carbocycles. The van der Waals surface area contributed by atoms with Crippen LogP contribution in [0.1, 0.15) is 0 Å². The second kappa shape index (κ2) is 2.34. The van der Waals surface area contributed by atoms with E-state index in [0.717, 1.165) is 0 Å². The van der Waals surface area contributed by atoms with Gasteiger partial charge in [0.2, 0.25) is 0 Å². The smallest absolute Gasteiger partial charge is 0.269 e. The molecule has 0 amide bonds. The molecule has 1 aromatic carbocycles. The van der Waals surface area contributed by atoms with Crippen LogP contribution in [0.3, 0.4) is 0 Å². The van der Waals surface area contributed by atoms with Crippen molar-refractivity contribution in [2.45, 2.75) is 0 Å². The minimum absolute atomic E-state index is 0.0159. The Balaban J connectivity index is 3.00. The first-order valence-electron chi connectivity index (χ1n) is 2.63. The molecule has 0 aromatic heterocycles. The highest BCUT2D eigenvalue weighted by Crippen LogP contribution is 2.14. The molecule has 0 bridgehead atoms. The van der Waals surface area contributed by atoms with E-state index in [0.29, 0.717) is 0 Å². The van der Waals surface area contributed by atoms with Crippen LogP contribution in [0.25, 0.3) is 0 Å². The van der Waals surface area contributed by atoms with E-state index in [1.54, 1.807) is 0 Å². The highest BCUT2D eigenvalue weighted by atomic mass is 16.7. The van der Waals surface area contributed by atoms with Crippen molar-refractivity contribution >= 4 is 5.69 Å². The second-order valence-electron chi connectivity index (χ2n) is 1.77. The lowest BCUT2D eigenvalue weighted by Gasteiger charge is -1.89. The maximum absolute atomic E-state index is 10.0. The van der Waals surface area contributed by atoms with Gasteiger partial charge in [0.25, 0.3) is 5.69 Å². The van der Waals surface area contributed by atoms with Gasteiger partial charge in [-0.3, -0.25) is 10.1 Å². The van der Waals surface area contributed by atoms with E-state index >= 15 is 0 Å². The topological polar surface area (TPSA) is 63.4 Å².